The molecule has 2 heterocycles. The van der Waals surface area contributed by atoms with Crippen LogP contribution in [0.25, 0.3) is 0 Å². The van der Waals surface area contributed by atoms with Crippen LogP contribution in [0.5, 0.6) is 0 Å². The number of aliphatic carboxylic acids is 1. The van der Waals surface area contributed by atoms with Crippen molar-refractivity contribution in [2.75, 3.05) is 47.7 Å². The first-order valence-electron chi connectivity index (χ1n) is 28.5. The number of likely N-dealkylation sites (N-methyl/N-ethyl adjacent to an activating group) is 2. The quantitative estimate of drug-likeness (QED) is 0.0456. The number of nitrogens with zero attached hydrogens (tertiary/aromatic N) is 4. The van der Waals surface area contributed by atoms with Gasteiger partial charge in [-0.15, -0.1) is 0 Å². The zero-order chi connectivity index (χ0) is 58.1. The van der Waals surface area contributed by atoms with Crippen molar-refractivity contribution >= 4 is 59.1 Å². The fourth-order valence-corrected chi connectivity index (χ4v) is 12.8. The summed E-state index contributed by atoms with van der Waals surface area (Å²) >= 11 is 1.66. The lowest BCUT2D eigenvalue weighted by Gasteiger charge is -2.41. The Balaban J connectivity index is 1.69. The number of nitrogens with one attached hydrogen (secondary N) is 2. The first kappa shape index (κ1) is 66.7. The maximum atomic E-state index is 14.7. The topological polar surface area (TPSA) is 212 Å². The van der Waals surface area contributed by atoms with Crippen molar-refractivity contribution in [3.8, 4) is 0 Å². The summed E-state index contributed by atoms with van der Waals surface area (Å²) in [6.45, 7) is 22.2. The van der Waals surface area contributed by atoms with Crippen LogP contribution in [-0.4, -0.2) is 167 Å². The number of hydrogen-bond donors (Lipinski definition) is 3. The van der Waals surface area contributed by atoms with Gasteiger partial charge in [-0.05, 0) is 86.0 Å². The van der Waals surface area contributed by atoms with Crippen LogP contribution in [-0.2, 0) is 54.3 Å². The van der Waals surface area contributed by atoms with E-state index in [1.807, 2.05) is 72.1 Å². The first-order valence-corrected chi connectivity index (χ1v) is 29.8. The Morgan fingerprint density at radius 2 is 1.47 bits per heavy atom. The van der Waals surface area contributed by atoms with Crippen molar-refractivity contribution in [2.45, 2.75) is 213 Å². The van der Waals surface area contributed by atoms with E-state index in [1.54, 1.807) is 42.6 Å². The van der Waals surface area contributed by atoms with Crippen LogP contribution in [0.4, 0.5) is 0 Å². The van der Waals surface area contributed by atoms with Crippen molar-refractivity contribution in [1.82, 2.24) is 30.2 Å². The lowest BCUT2D eigenvalue weighted by atomic mass is 9.85. The van der Waals surface area contributed by atoms with Crippen LogP contribution >= 0.6 is 11.8 Å². The molecule has 3 N–H and O–H groups in total. The summed E-state index contributed by atoms with van der Waals surface area (Å²) in [6, 6.07) is 3.69. The van der Waals surface area contributed by atoms with Gasteiger partial charge in [0.05, 0.1) is 42.5 Å². The maximum absolute atomic E-state index is 14.7. The third kappa shape index (κ3) is 17.0. The zero-order valence-electron chi connectivity index (χ0n) is 49.6. The second-order valence-corrected chi connectivity index (χ2v) is 23.8. The number of thioether (sulfide) groups is 1. The van der Waals surface area contributed by atoms with Crippen LogP contribution < -0.4 is 10.6 Å². The molecule has 7 amide bonds. The van der Waals surface area contributed by atoms with Gasteiger partial charge < -0.3 is 39.9 Å². The highest BCUT2D eigenvalue weighted by Crippen LogP contribution is 2.43. The van der Waals surface area contributed by atoms with Crippen molar-refractivity contribution in [1.29, 1.82) is 0 Å². The van der Waals surface area contributed by atoms with Crippen molar-refractivity contribution in [3.63, 3.8) is 0 Å². The minimum atomic E-state index is -1.17. The number of methoxy groups -OCH3 is 2. The molecule has 436 valence electrons. The molecule has 11 atom stereocenters. The molecule has 18 heteroatoms. The average molecular weight is 1100 g/mol. The monoisotopic (exact) mass is 1100 g/mol. The zero-order valence-corrected chi connectivity index (χ0v) is 50.5. The number of carbonyl (C=O) groups is 8. The van der Waals surface area contributed by atoms with Gasteiger partial charge in [-0.1, -0.05) is 113 Å². The van der Waals surface area contributed by atoms with Crippen LogP contribution in [0.1, 0.15) is 170 Å². The number of benzene rings is 1. The Hall–Kier alpha value is -4.55. The van der Waals surface area contributed by atoms with Gasteiger partial charge >= 0.3 is 5.97 Å². The summed E-state index contributed by atoms with van der Waals surface area (Å²) in [5, 5.41) is 15.9. The molecule has 1 aromatic carbocycles. The third-order valence-electron chi connectivity index (χ3n) is 17.2. The van der Waals surface area contributed by atoms with Gasteiger partial charge in [0.1, 0.15) is 18.1 Å². The minimum absolute atomic E-state index is 0.0830. The number of carboxylic acids is 1. The smallest absolute Gasteiger partial charge is 0.326 e. The molecular weight excluding hydrogens is 1000 g/mol. The summed E-state index contributed by atoms with van der Waals surface area (Å²) in [5.74, 6) is -4.74. The number of hydrogen-bond acceptors (Lipinski definition) is 11. The highest BCUT2D eigenvalue weighted by molar-refractivity contribution is 8.00. The molecule has 2 aliphatic rings. The number of unbranched alkanes of at least 4 members (excludes halogenated alkanes) is 2. The van der Waals surface area contributed by atoms with Gasteiger partial charge in [0.25, 0.3) is 0 Å². The van der Waals surface area contributed by atoms with Crippen LogP contribution in [0.3, 0.4) is 0 Å². The van der Waals surface area contributed by atoms with E-state index in [4.69, 9.17) is 9.47 Å². The molecule has 0 aliphatic carbocycles. The molecule has 2 saturated heterocycles. The number of amides is 7. The fraction of sp³-hybridized carbons (Fsp3) is 0.763. The van der Waals surface area contributed by atoms with Crippen molar-refractivity contribution in [3.05, 3.63) is 35.4 Å². The first-order chi connectivity index (χ1) is 36.3. The number of rotatable bonds is 33. The highest BCUT2D eigenvalue weighted by Gasteiger charge is 2.49. The van der Waals surface area contributed by atoms with Crippen molar-refractivity contribution in [2.24, 2.45) is 29.6 Å². The number of imide groups is 1. The molecule has 77 heavy (non-hydrogen) atoms. The Kier molecular flexibility index (Phi) is 27.1. The van der Waals surface area contributed by atoms with Crippen LogP contribution in [0, 0.1) is 29.6 Å². The molecule has 17 nitrogen and oxygen atoms in total. The number of likely N-dealkylation sites (tertiary alicyclic amines) is 2. The van der Waals surface area contributed by atoms with E-state index in [2.05, 4.69) is 38.3 Å². The number of ether oxygens (including phenoxy) is 2. The van der Waals surface area contributed by atoms with Gasteiger partial charge in [0.2, 0.25) is 41.4 Å². The SMILES string of the molecule is CCC(C)c1ccc(C[C@H](NC(=O)[C@H](C)[C@@H](OC)[C@@H]2CCCN2C(=O)C[C@@H](OC)[C@H]([C@@H](C)CC)N(C)C(=O)[C@@H](NC(=O)[C@H](C(C)C)N(C)C(=O)CCCCCN2C(=O)CC(C(CC)(CC)SC)C2=O)C(C)C)C(=O)O)cc1. The van der Waals surface area contributed by atoms with E-state index in [0.29, 0.717) is 57.5 Å². The number of carboxylic acid groups (broad SMARTS) is 1. The van der Waals surface area contributed by atoms with E-state index in [1.165, 1.54) is 24.0 Å². The molecule has 0 radical (unpaired) electrons. The molecule has 2 fully saturated rings. The van der Waals surface area contributed by atoms with Gasteiger partial charge in [-0.3, -0.25) is 38.5 Å². The Bertz CT molecular complexity index is 2110. The molecule has 1 aromatic rings. The van der Waals surface area contributed by atoms with Gasteiger partial charge in [-0.25, -0.2) is 4.79 Å². The normalized spacial score (nSPS) is 19.6. The molecule has 2 unspecified atom stereocenters. The molecule has 0 aromatic heterocycles. The Morgan fingerprint density at radius 1 is 0.831 bits per heavy atom. The van der Waals surface area contributed by atoms with Gasteiger partial charge in [0, 0.05) is 65.4 Å². The largest absolute Gasteiger partial charge is 0.480 e. The summed E-state index contributed by atoms with van der Waals surface area (Å²) < 4.78 is 11.8. The molecular formula is C59H98N6O11S. The van der Waals surface area contributed by atoms with Crippen LogP contribution in [0.15, 0.2) is 24.3 Å². The summed E-state index contributed by atoms with van der Waals surface area (Å²) in [4.78, 5) is 116. The lowest BCUT2D eigenvalue weighted by molar-refractivity contribution is -0.149. The predicted octanol–water partition coefficient (Wildman–Crippen LogP) is 7.71. The standard InChI is InChI=1S/C59H98N6O11S/c1-17-38(9)42-29-27-41(28-30-42)33-44(58(73)74)60-54(69)40(11)53(76-15)45-25-24-32-64(45)49(68)35-46(75-14)52(39(10)18-2)63(13)57(72)50(36(5)6)61-55(70)51(37(7)8)62(12)47(66)26-22-21-23-31-65-48(67)34-43(56(65)71)59(19-3,20-4)77-16/h27-30,36-40,43-46,50-53H,17-26,31-35H2,1-16H3,(H,60,69)(H,61,70)(H,73,74)/t38?,39-,40+,43?,44-,45-,46+,50-,51-,52-,53+/m0/s1. The van der Waals surface area contributed by atoms with Crippen LogP contribution in [0.2, 0.25) is 0 Å². The maximum Gasteiger partial charge on any atom is 0.326 e. The Labute approximate surface area is 465 Å². The molecule has 0 saturated carbocycles. The van der Waals surface area contributed by atoms with E-state index >= 15 is 0 Å². The van der Waals surface area contributed by atoms with Gasteiger partial charge in [-0.2, -0.15) is 11.8 Å². The second kappa shape index (κ2) is 31.3. The summed E-state index contributed by atoms with van der Waals surface area (Å²) in [6.07, 6.45) is 7.08. The predicted molar refractivity (Wildman–Crippen MR) is 303 cm³/mol. The van der Waals surface area contributed by atoms with E-state index in [-0.39, 0.29) is 83.6 Å². The lowest BCUT2D eigenvalue weighted by Crippen LogP contribution is -2.60. The van der Waals surface area contributed by atoms with E-state index < -0.39 is 66.1 Å². The second-order valence-electron chi connectivity index (χ2n) is 22.6. The van der Waals surface area contributed by atoms with E-state index in [9.17, 15) is 43.5 Å². The molecule has 0 spiro atoms. The average Bonchev–Trinajstić information content (AvgIpc) is 4.01. The fourth-order valence-electron chi connectivity index (χ4n) is 11.7. The third-order valence-corrected chi connectivity index (χ3v) is 18.8. The van der Waals surface area contributed by atoms with E-state index in [0.717, 1.165) is 30.4 Å². The minimum Gasteiger partial charge on any atom is -0.480 e. The van der Waals surface area contributed by atoms with Crippen molar-refractivity contribution < 1.29 is 52.9 Å². The summed E-state index contributed by atoms with van der Waals surface area (Å²) in [7, 11) is 6.27. The highest BCUT2D eigenvalue weighted by atomic mass is 32.2. The molecule has 2 aliphatic heterocycles. The molecule has 0 bridgehead atoms. The molecule has 3 rings (SSSR count). The Morgan fingerprint density at radius 3 is 1.99 bits per heavy atom. The number of carbonyl (C=O) groups excluding carboxylic acids is 7. The summed E-state index contributed by atoms with van der Waals surface area (Å²) in [5.41, 5.74) is 1.95. The van der Waals surface area contributed by atoms with Gasteiger partial charge in [0.15, 0.2) is 0 Å².